The van der Waals surface area contributed by atoms with Crippen molar-refractivity contribution in [3.63, 3.8) is 0 Å². The maximum absolute atomic E-state index is 2.47. The molecule has 0 spiro atoms. The van der Waals surface area contributed by atoms with E-state index in [0.717, 1.165) is 29.6 Å². The van der Waals surface area contributed by atoms with Crippen molar-refractivity contribution in [2.24, 2.45) is 29.6 Å². The third-order valence-electron chi connectivity index (χ3n) is 4.34. The number of hydrogen-bond acceptors (Lipinski definition) is 0. The molecule has 0 radical (unpaired) electrons. The summed E-state index contributed by atoms with van der Waals surface area (Å²) in [5.74, 6) is 4.91. The lowest BCUT2D eigenvalue weighted by Gasteiger charge is -2.28. The first-order valence-electron chi connectivity index (χ1n) is 6.61. The summed E-state index contributed by atoms with van der Waals surface area (Å²) in [6, 6.07) is 0. The van der Waals surface area contributed by atoms with Crippen molar-refractivity contribution in [1.82, 2.24) is 0 Å². The van der Waals surface area contributed by atoms with Gasteiger partial charge in [0.15, 0.2) is 0 Å². The molecule has 1 aliphatic carbocycles. The SMILES string of the molecule is CCCC1CC(C)C(CC)C1C(C)C. The van der Waals surface area contributed by atoms with Crippen LogP contribution in [-0.4, -0.2) is 0 Å². The summed E-state index contributed by atoms with van der Waals surface area (Å²) in [7, 11) is 0. The highest BCUT2D eigenvalue weighted by Gasteiger charge is 2.40. The van der Waals surface area contributed by atoms with Crippen LogP contribution in [-0.2, 0) is 0 Å². The van der Waals surface area contributed by atoms with Crippen LogP contribution in [0.3, 0.4) is 0 Å². The summed E-state index contributed by atoms with van der Waals surface area (Å²) < 4.78 is 0. The van der Waals surface area contributed by atoms with E-state index in [2.05, 4.69) is 34.6 Å². The van der Waals surface area contributed by atoms with E-state index in [9.17, 15) is 0 Å². The molecule has 4 unspecified atom stereocenters. The van der Waals surface area contributed by atoms with Crippen molar-refractivity contribution >= 4 is 0 Å². The molecule has 0 saturated heterocycles. The third-order valence-corrected chi connectivity index (χ3v) is 4.34. The maximum Gasteiger partial charge on any atom is -0.0332 e. The second kappa shape index (κ2) is 5.19. The molecule has 0 aromatic rings. The topological polar surface area (TPSA) is 0 Å². The summed E-state index contributed by atoms with van der Waals surface area (Å²) in [5, 5.41) is 0. The van der Waals surface area contributed by atoms with Crippen molar-refractivity contribution in [3.8, 4) is 0 Å². The predicted octanol–water partition coefficient (Wildman–Crippen LogP) is 4.74. The van der Waals surface area contributed by atoms with Gasteiger partial charge in [0.2, 0.25) is 0 Å². The van der Waals surface area contributed by atoms with Gasteiger partial charge in [-0.05, 0) is 36.0 Å². The molecule has 0 heteroatoms. The van der Waals surface area contributed by atoms with Gasteiger partial charge in [-0.15, -0.1) is 0 Å². The van der Waals surface area contributed by atoms with Gasteiger partial charge >= 0.3 is 0 Å². The monoisotopic (exact) mass is 196 g/mol. The molecular formula is C14H28. The van der Waals surface area contributed by atoms with Crippen molar-refractivity contribution in [2.75, 3.05) is 0 Å². The zero-order valence-corrected chi connectivity index (χ0v) is 10.7. The van der Waals surface area contributed by atoms with Gasteiger partial charge in [0.1, 0.15) is 0 Å². The lowest BCUT2D eigenvalue weighted by molar-refractivity contribution is 0.204. The van der Waals surface area contributed by atoms with E-state index in [4.69, 9.17) is 0 Å². The van der Waals surface area contributed by atoms with E-state index >= 15 is 0 Å². The van der Waals surface area contributed by atoms with E-state index in [-0.39, 0.29) is 0 Å². The Bertz CT molecular complexity index is 159. The standard InChI is InChI=1S/C14H28/c1-6-8-12-9-11(5)13(7-2)14(12)10(3)4/h10-14H,6-9H2,1-5H3. The zero-order valence-electron chi connectivity index (χ0n) is 10.7. The van der Waals surface area contributed by atoms with E-state index in [1.54, 1.807) is 0 Å². The quantitative estimate of drug-likeness (QED) is 0.609. The zero-order chi connectivity index (χ0) is 10.7. The van der Waals surface area contributed by atoms with E-state index in [0.29, 0.717) is 0 Å². The van der Waals surface area contributed by atoms with Crippen molar-refractivity contribution in [1.29, 1.82) is 0 Å². The number of rotatable bonds is 4. The van der Waals surface area contributed by atoms with Crippen LogP contribution in [0.4, 0.5) is 0 Å². The Morgan fingerprint density at radius 3 is 2.29 bits per heavy atom. The third kappa shape index (κ3) is 2.32. The molecule has 0 nitrogen and oxygen atoms in total. The summed E-state index contributed by atoms with van der Waals surface area (Å²) in [6.07, 6.45) is 5.72. The Labute approximate surface area is 90.5 Å². The minimum absolute atomic E-state index is 0.890. The van der Waals surface area contributed by atoms with E-state index < -0.39 is 0 Å². The van der Waals surface area contributed by atoms with Gasteiger partial charge in [0.25, 0.3) is 0 Å². The fourth-order valence-electron chi connectivity index (χ4n) is 3.93. The van der Waals surface area contributed by atoms with Gasteiger partial charge < -0.3 is 0 Å². The predicted molar refractivity (Wildman–Crippen MR) is 64.3 cm³/mol. The lowest BCUT2D eigenvalue weighted by Crippen LogP contribution is -2.21. The summed E-state index contributed by atoms with van der Waals surface area (Å²) in [6.45, 7) is 12.0. The Hall–Kier alpha value is 0. The Balaban J connectivity index is 2.69. The van der Waals surface area contributed by atoms with Crippen LogP contribution < -0.4 is 0 Å². The number of hydrogen-bond donors (Lipinski definition) is 0. The first-order valence-corrected chi connectivity index (χ1v) is 6.61. The van der Waals surface area contributed by atoms with Crippen LogP contribution in [0.15, 0.2) is 0 Å². The van der Waals surface area contributed by atoms with Crippen molar-refractivity contribution in [2.45, 2.75) is 60.3 Å². The van der Waals surface area contributed by atoms with Gasteiger partial charge in [0, 0.05) is 0 Å². The average Bonchev–Trinajstić information content (AvgIpc) is 2.42. The molecule has 0 aromatic carbocycles. The van der Waals surface area contributed by atoms with Gasteiger partial charge in [-0.25, -0.2) is 0 Å². The second-order valence-electron chi connectivity index (χ2n) is 5.66. The molecule has 0 aliphatic heterocycles. The van der Waals surface area contributed by atoms with Gasteiger partial charge in [-0.3, -0.25) is 0 Å². The van der Waals surface area contributed by atoms with Crippen LogP contribution in [0, 0.1) is 29.6 Å². The van der Waals surface area contributed by atoms with Crippen LogP contribution in [0.5, 0.6) is 0 Å². The minimum atomic E-state index is 0.890. The average molecular weight is 196 g/mol. The molecule has 1 saturated carbocycles. The molecule has 0 amide bonds. The highest BCUT2D eigenvalue weighted by Crippen LogP contribution is 2.48. The maximum atomic E-state index is 2.47. The normalized spacial score (nSPS) is 38.1. The lowest BCUT2D eigenvalue weighted by atomic mass is 9.77. The summed E-state index contributed by atoms with van der Waals surface area (Å²) in [5.41, 5.74) is 0. The molecule has 0 bridgehead atoms. The Morgan fingerprint density at radius 1 is 1.21 bits per heavy atom. The molecule has 1 aliphatic rings. The van der Waals surface area contributed by atoms with Crippen molar-refractivity contribution < 1.29 is 0 Å². The summed E-state index contributed by atoms with van der Waals surface area (Å²) >= 11 is 0. The molecule has 0 aromatic heterocycles. The molecule has 1 rings (SSSR count). The van der Waals surface area contributed by atoms with Gasteiger partial charge in [-0.1, -0.05) is 53.9 Å². The van der Waals surface area contributed by atoms with Crippen LogP contribution >= 0.6 is 0 Å². The largest absolute Gasteiger partial charge is 0.0654 e. The van der Waals surface area contributed by atoms with Crippen LogP contribution in [0.1, 0.15) is 60.3 Å². The van der Waals surface area contributed by atoms with Crippen LogP contribution in [0.2, 0.25) is 0 Å². The van der Waals surface area contributed by atoms with E-state index in [1.807, 2.05) is 0 Å². The highest BCUT2D eigenvalue weighted by molar-refractivity contribution is 4.89. The van der Waals surface area contributed by atoms with Crippen LogP contribution in [0.25, 0.3) is 0 Å². The summed E-state index contributed by atoms with van der Waals surface area (Å²) in [4.78, 5) is 0. The molecule has 84 valence electrons. The van der Waals surface area contributed by atoms with E-state index in [1.165, 1.54) is 25.7 Å². The minimum Gasteiger partial charge on any atom is -0.0654 e. The fraction of sp³-hybridized carbons (Fsp3) is 1.00. The molecule has 14 heavy (non-hydrogen) atoms. The molecule has 0 N–H and O–H groups in total. The second-order valence-corrected chi connectivity index (χ2v) is 5.66. The Morgan fingerprint density at radius 2 is 1.86 bits per heavy atom. The molecule has 4 atom stereocenters. The molecular weight excluding hydrogens is 168 g/mol. The first-order chi connectivity index (χ1) is 6.61. The van der Waals surface area contributed by atoms with Crippen molar-refractivity contribution in [3.05, 3.63) is 0 Å². The highest BCUT2D eigenvalue weighted by atomic mass is 14.5. The Kier molecular flexibility index (Phi) is 4.47. The fourth-order valence-corrected chi connectivity index (χ4v) is 3.93. The molecule has 1 fully saturated rings. The first kappa shape index (κ1) is 12.1. The molecule has 0 heterocycles. The smallest absolute Gasteiger partial charge is 0.0332 e. The van der Waals surface area contributed by atoms with Gasteiger partial charge in [0.05, 0.1) is 0 Å². The van der Waals surface area contributed by atoms with Gasteiger partial charge in [-0.2, -0.15) is 0 Å².